The molecule has 0 bridgehead atoms. The van der Waals surface area contributed by atoms with Gasteiger partial charge >= 0.3 is 0 Å². The number of carbonyl (C=O) groups is 2. The minimum absolute atomic E-state index is 0.301. The Hall–Kier alpha value is -2.91. The maximum atomic E-state index is 12.6. The van der Waals surface area contributed by atoms with Gasteiger partial charge in [0.25, 0.3) is 11.8 Å². The third-order valence-electron chi connectivity index (χ3n) is 4.89. The molecule has 0 atom stereocenters. The molecule has 2 aromatic heterocycles. The Balaban J connectivity index is 1.46. The molecule has 2 amide bonds. The lowest BCUT2D eigenvalue weighted by Gasteiger charge is -2.08. The number of aryl methyl sites for hydroxylation is 3. The Morgan fingerprint density at radius 1 is 1.00 bits per heavy atom. The summed E-state index contributed by atoms with van der Waals surface area (Å²) in [5, 5.41) is 0.680. The van der Waals surface area contributed by atoms with Crippen molar-refractivity contribution in [2.24, 2.45) is 0 Å². The zero-order valence-corrected chi connectivity index (χ0v) is 18.5. The van der Waals surface area contributed by atoms with Gasteiger partial charge in [-0.15, -0.1) is 22.7 Å². The van der Waals surface area contributed by atoms with Crippen LogP contribution in [0.1, 0.15) is 41.9 Å². The number of hydrogen-bond acceptors (Lipinski definition) is 7. The standard InChI is InChI=1S/C21H21N3O4S2/c1-11-18(30-21(22-11)13-7-8-14(27-2)15(9-13)28-3)20(26)24-23-19(25)17-10-12-5-4-6-16(12)29-17/h7-10H,4-6H2,1-3H3,(H,23,25)(H,24,26). The number of nitrogens with zero attached hydrogens (tertiary/aromatic N) is 1. The van der Waals surface area contributed by atoms with Crippen molar-refractivity contribution in [1.29, 1.82) is 0 Å². The first kappa shape index (κ1) is 20.4. The molecule has 3 aromatic rings. The topological polar surface area (TPSA) is 89.5 Å². The molecule has 9 heteroatoms. The van der Waals surface area contributed by atoms with Gasteiger partial charge in [-0.2, -0.15) is 0 Å². The van der Waals surface area contributed by atoms with E-state index in [4.69, 9.17) is 9.47 Å². The molecule has 4 rings (SSSR count). The summed E-state index contributed by atoms with van der Waals surface area (Å²) in [6.45, 7) is 1.77. The van der Waals surface area contributed by atoms with Crippen molar-refractivity contribution >= 4 is 34.5 Å². The molecule has 0 unspecified atom stereocenters. The van der Waals surface area contributed by atoms with E-state index in [2.05, 4.69) is 15.8 Å². The summed E-state index contributed by atoms with van der Waals surface area (Å²) in [6.07, 6.45) is 3.19. The number of aromatic nitrogens is 1. The van der Waals surface area contributed by atoms with Gasteiger partial charge in [0.1, 0.15) is 9.88 Å². The fraction of sp³-hybridized carbons (Fsp3) is 0.286. The van der Waals surface area contributed by atoms with Crippen LogP contribution in [0.4, 0.5) is 0 Å². The lowest BCUT2D eigenvalue weighted by molar-refractivity contribution is 0.0850. The average Bonchev–Trinajstić information content (AvgIpc) is 3.46. The van der Waals surface area contributed by atoms with Crippen molar-refractivity contribution in [2.75, 3.05) is 14.2 Å². The van der Waals surface area contributed by atoms with Crippen LogP contribution < -0.4 is 20.3 Å². The number of hydrogen-bond donors (Lipinski definition) is 2. The summed E-state index contributed by atoms with van der Waals surface area (Å²) in [6, 6.07) is 7.39. The number of fused-ring (bicyclic) bond motifs is 1. The zero-order chi connectivity index (χ0) is 21.3. The molecule has 0 saturated carbocycles. The zero-order valence-electron chi connectivity index (χ0n) is 16.8. The van der Waals surface area contributed by atoms with Crippen LogP contribution >= 0.6 is 22.7 Å². The normalized spacial score (nSPS) is 12.4. The van der Waals surface area contributed by atoms with Crippen molar-refractivity contribution in [1.82, 2.24) is 15.8 Å². The third-order valence-corrected chi connectivity index (χ3v) is 7.33. The monoisotopic (exact) mass is 443 g/mol. The van der Waals surface area contributed by atoms with E-state index in [9.17, 15) is 9.59 Å². The molecular formula is C21H21N3O4S2. The molecule has 1 aliphatic carbocycles. The van der Waals surface area contributed by atoms with Gasteiger partial charge < -0.3 is 9.47 Å². The molecule has 0 spiro atoms. The quantitative estimate of drug-likeness (QED) is 0.586. The smallest absolute Gasteiger partial charge is 0.281 e. The van der Waals surface area contributed by atoms with Crippen molar-refractivity contribution in [3.8, 4) is 22.1 Å². The molecule has 156 valence electrons. The highest BCUT2D eigenvalue weighted by Crippen LogP contribution is 2.35. The van der Waals surface area contributed by atoms with Crippen LogP contribution in [0.25, 0.3) is 10.6 Å². The Morgan fingerprint density at radius 2 is 1.77 bits per heavy atom. The Kier molecular flexibility index (Phi) is 5.74. The van der Waals surface area contributed by atoms with Crippen molar-refractivity contribution in [2.45, 2.75) is 26.2 Å². The fourth-order valence-electron chi connectivity index (χ4n) is 3.37. The molecule has 1 aliphatic rings. The number of thiophene rings is 1. The summed E-state index contributed by atoms with van der Waals surface area (Å²) >= 11 is 2.75. The highest BCUT2D eigenvalue weighted by atomic mass is 32.1. The molecule has 0 fully saturated rings. The number of carbonyl (C=O) groups excluding carboxylic acids is 2. The summed E-state index contributed by atoms with van der Waals surface area (Å²) in [5.74, 6) is 0.512. The highest BCUT2D eigenvalue weighted by molar-refractivity contribution is 7.17. The lowest BCUT2D eigenvalue weighted by Crippen LogP contribution is -2.41. The van der Waals surface area contributed by atoms with Gasteiger partial charge in [-0.1, -0.05) is 0 Å². The first-order valence-electron chi connectivity index (χ1n) is 9.42. The maximum Gasteiger partial charge on any atom is 0.281 e. The summed E-state index contributed by atoms with van der Waals surface area (Å²) in [5.41, 5.74) is 7.66. The molecule has 1 aromatic carbocycles. The molecule has 2 heterocycles. The number of thiazole rings is 1. The van der Waals surface area contributed by atoms with Crippen LogP contribution in [0.5, 0.6) is 11.5 Å². The van der Waals surface area contributed by atoms with Crippen LogP contribution in [0.2, 0.25) is 0 Å². The Bertz CT molecular complexity index is 1100. The second-order valence-corrected chi connectivity index (χ2v) is 8.96. The average molecular weight is 444 g/mol. The molecule has 2 N–H and O–H groups in total. The van der Waals surface area contributed by atoms with E-state index < -0.39 is 5.91 Å². The maximum absolute atomic E-state index is 12.6. The van der Waals surface area contributed by atoms with Crippen LogP contribution in [0.3, 0.4) is 0 Å². The van der Waals surface area contributed by atoms with Gasteiger partial charge in [0, 0.05) is 10.4 Å². The molecule has 0 aliphatic heterocycles. The van der Waals surface area contributed by atoms with Gasteiger partial charge in [0.2, 0.25) is 0 Å². The Labute approximate surface area is 182 Å². The molecular weight excluding hydrogens is 422 g/mol. The predicted molar refractivity (Wildman–Crippen MR) is 117 cm³/mol. The molecule has 0 radical (unpaired) electrons. The van der Waals surface area contributed by atoms with Crippen LogP contribution in [0.15, 0.2) is 24.3 Å². The molecule has 30 heavy (non-hydrogen) atoms. The van der Waals surface area contributed by atoms with Crippen LogP contribution in [-0.2, 0) is 12.8 Å². The van der Waals surface area contributed by atoms with Gasteiger partial charge in [-0.3, -0.25) is 20.4 Å². The van der Waals surface area contributed by atoms with Gasteiger partial charge in [-0.05, 0) is 56.0 Å². The number of ether oxygens (including phenoxy) is 2. The minimum Gasteiger partial charge on any atom is -0.493 e. The van der Waals surface area contributed by atoms with E-state index in [1.807, 2.05) is 18.2 Å². The summed E-state index contributed by atoms with van der Waals surface area (Å²) in [7, 11) is 3.14. The van der Waals surface area contributed by atoms with Gasteiger partial charge in [0.05, 0.1) is 24.8 Å². The van der Waals surface area contributed by atoms with Crippen molar-refractivity contribution < 1.29 is 19.1 Å². The first-order valence-corrected chi connectivity index (χ1v) is 11.1. The highest BCUT2D eigenvalue weighted by Gasteiger charge is 2.21. The number of amides is 2. The second-order valence-electron chi connectivity index (χ2n) is 6.82. The van der Waals surface area contributed by atoms with Crippen molar-refractivity contribution in [3.05, 3.63) is 50.2 Å². The largest absolute Gasteiger partial charge is 0.493 e. The minimum atomic E-state index is -0.394. The number of nitrogens with one attached hydrogen (secondary N) is 2. The van der Waals surface area contributed by atoms with E-state index in [0.717, 1.165) is 24.8 Å². The van der Waals surface area contributed by atoms with Crippen molar-refractivity contribution in [3.63, 3.8) is 0 Å². The molecule has 7 nitrogen and oxygen atoms in total. The third kappa shape index (κ3) is 3.90. The fourth-order valence-corrected chi connectivity index (χ4v) is 5.48. The van der Waals surface area contributed by atoms with E-state index in [1.54, 1.807) is 27.2 Å². The van der Waals surface area contributed by atoms with Gasteiger partial charge in [0.15, 0.2) is 11.5 Å². The summed E-state index contributed by atoms with van der Waals surface area (Å²) in [4.78, 5) is 31.8. The van der Waals surface area contributed by atoms with Crippen LogP contribution in [-0.4, -0.2) is 31.0 Å². The van der Waals surface area contributed by atoms with E-state index in [-0.39, 0.29) is 5.91 Å². The predicted octanol–water partition coefficient (Wildman–Crippen LogP) is 3.76. The first-order chi connectivity index (χ1) is 14.5. The number of methoxy groups -OCH3 is 2. The Morgan fingerprint density at radius 3 is 2.50 bits per heavy atom. The van der Waals surface area contributed by atoms with E-state index in [1.165, 1.54) is 33.1 Å². The van der Waals surface area contributed by atoms with Gasteiger partial charge in [-0.25, -0.2) is 4.98 Å². The number of rotatable bonds is 5. The number of benzene rings is 1. The SMILES string of the molecule is COc1ccc(-c2nc(C)c(C(=O)NNC(=O)c3cc4c(s3)CCC4)s2)cc1OC. The second kappa shape index (κ2) is 8.45. The van der Waals surface area contributed by atoms with E-state index >= 15 is 0 Å². The van der Waals surface area contributed by atoms with Crippen LogP contribution in [0, 0.1) is 6.92 Å². The van der Waals surface area contributed by atoms with E-state index in [0.29, 0.717) is 32.0 Å². The number of hydrazine groups is 1. The lowest BCUT2D eigenvalue weighted by atomic mass is 10.2. The molecule has 0 saturated heterocycles. The summed E-state index contributed by atoms with van der Waals surface area (Å²) < 4.78 is 10.6.